The van der Waals surface area contributed by atoms with E-state index in [0.717, 1.165) is 48.2 Å². The monoisotopic (exact) mass is 724 g/mol. The number of nitrogens with zero attached hydrogens (tertiary/aromatic N) is 6. The number of rotatable bonds is 8. The van der Waals surface area contributed by atoms with Gasteiger partial charge in [0.1, 0.15) is 45.9 Å². The van der Waals surface area contributed by atoms with Crippen LogP contribution in [0.3, 0.4) is 0 Å². The molecule has 1 saturated heterocycles. The molecule has 1 fully saturated rings. The number of benzene rings is 3. The van der Waals surface area contributed by atoms with Crippen LogP contribution in [0.5, 0.6) is 0 Å². The quantitative estimate of drug-likeness (QED) is 0.148. The molecule has 0 amide bonds. The number of anilines is 4. The number of hydrogen-bond donors (Lipinski definition) is 3. The minimum absolute atomic E-state index is 0.0101. The van der Waals surface area contributed by atoms with Crippen molar-refractivity contribution >= 4 is 78.2 Å². The number of aromatic nitrogens is 5. The largest absolute Gasteiger partial charge is 0.388 e. The van der Waals surface area contributed by atoms with E-state index >= 15 is 8.78 Å². The maximum Gasteiger partial charge on any atom is 0.263 e. The topological polar surface area (TPSA) is 138 Å². The maximum absolute atomic E-state index is 15.8. The van der Waals surface area contributed by atoms with Gasteiger partial charge in [0.2, 0.25) is 0 Å². The first-order chi connectivity index (χ1) is 23.3. The third kappa shape index (κ3) is 5.98. The summed E-state index contributed by atoms with van der Waals surface area (Å²) >= 11 is 12.1. The molecule has 0 radical (unpaired) electrons. The Hall–Kier alpha value is -4.63. The zero-order valence-corrected chi connectivity index (χ0v) is 28.3. The third-order valence-corrected chi connectivity index (χ3v) is 10.8. The molecule has 1 aliphatic rings. The third-order valence-electron chi connectivity index (χ3n) is 8.43. The lowest BCUT2D eigenvalue weighted by molar-refractivity contribution is 0.0535. The van der Waals surface area contributed by atoms with Gasteiger partial charge in [-0.25, -0.2) is 37.1 Å². The fourth-order valence-electron chi connectivity index (χ4n) is 6.14. The second-order valence-electron chi connectivity index (χ2n) is 12.1. The molecule has 16 heteroatoms. The molecule has 1 atom stereocenters. The normalized spacial score (nSPS) is 15.3. The molecule has 252 valence electrons. The van der Waals surface area contributed by atoms with Gasteiger partial charge in [-0.05, 0) is 75.2 Å². The molecule has 0 bridgehead atoms. The lowest BCUT2D eigenvalue weighted by Crippen LogP contribution is -2.45. The summed E-state index contributed by atoms with van der Waals surface area (Å²) in [5.74, 6) is -1.84. The van der Waals surface area contributed by atoms with Crippen LogP contribution in [-0.4, -0.2) is 56.2 Å². The van der Waals surface area contributed by atoms with E-state index in [1.165, 1.54) is 24.5 Å². The van der Waals surface area contributed by atoms with Crippen molar-refractivity contribution in [3.63, 3.8) is 0 Å². The van der Waals surface area contributed by atoms with Crippen molar-refractivity contribution in [2.24, 2.45) is 0 Å². The number of para-hydroxylation sites is 1. The zero-order valence-electron chi connectivity index (χ0n) is 26.0. The number of sulfonamides is 1. The van der Waals surface area contributed by atoms with Gasteiger partial charge in [-0.1, -0.05) is 35.3 Å². The summed E-state index contributed by atoms with van der Waals surface area (Å²) in [6, 6.07) is 15.0. The average molecular weight is 726 g/mol. The van der Waals surface area contributed by atoms with E-state index in [1.54, 1.807) is 23.0 Å². The summed E-state index contributed by atoms with van der Waals surface area (Å²) < 4.78 is 61.0. The molecule has 0 saturated carbocycles. The molecule has 0 spiro atoms. The van der Waals surface area contributed by atoms with Gasteiger partial charge in [0.15, 0.2) is 11.6 Å². The number of pyridine rings is 1. The van der Waals surface area contributed by atoms with Crippen molar-refractivity contribution in [1.29, 1.82) is 0 Å². The highest BCUT2D eigenvalue weighted by Gasteiger charge is 2.37. The molecular weight excluding hydrogens is 697 g/mol. The molecule has 6 aromatic rings. The Balaban J connectivity index is 1.25. The van der Waals surface area contributed by atoms with Crippen LogP contribution in [0, 0.1) is 11.6 Å². The van der Waals surface area contributed by atoms with E-state index in [0.29, 0.717) is 11.3 Å². The lowest BCUT2D eigenvalue weighted by atomic mass is 9.96. The number of fused-ring (bicyclic) bond motifs is 2. The SMILES string of the molecule is CC(C)(O)[C@@H]1CCCN1c1cccc2c1ncn2-c1ccc2ncnc(Nc3c(F)ccc(NS(=O)(=O)c4cccc(Cl)c4Cl)c3F)c2n1. The summed E-state index contributed by atoms with van der Waals surface area (Å²) in [5.41, 5.74) is 0.828. The predicted octanol–water partition coefficient (Wildman–Crippen LogP) is 7.23. The minimum atomic E-state index is -4.41. The van der Waals surface area contributed by atoms with Crippen LogP contribution < -0.4 is 14.9 Å². The Morgan fingerprint density at radius 3 is 2.57 bits per heavy atom. The Kier molecular flexibility index (Phi) is 8.30. The van der Waals surface area contributed by atoms with Gasteiger partial charge in [-0.15, -0.1) is 0 Å². The number of imidazole rings is 1. The van der Waals surface area contributed by atoms with Crippen molar-refractivity contribution < 1.29 is 22.3 Å². The van der Waals surface area contributed by atoms with Crippen LogP contribution >= 0.6 is 23.2 Å². The number of halogens is 4. The molecule has 7 rings (SSSR count). The molecule has 0 unspecified atom stereocenters. The van der Waals surface area contributed by atoms with E-state index in [1.807, 2.05) is 32.0 Å². The highest BCUT2D eigenvalue weighted by molar-refractivity contribution is 7.92. The molecule has 11 nitrogen and oxygen atoms in total. The zero-order chi connectivity index (χ0) is 34.7. The second kappa shape index (κ2) is 12.4. The fourth-order valence-corrected chi connectivity index (χ4v) is 7.96. The molecule has 1 aliphatic heterocycles. The van der Waals surface area contributed by atoms with E-state index in [2.05, 4.69) is 24.9 Å². The average Bonchev–Trinajstić information content (AvgIpc) is 3.74. The first kappa shape index (κ1) is 32.9. The molecule has 49 heavy (non-hydrogen) atoms. The number of nitrogens with one attached hydrogen (secondary N) is 2. The van der Waals surface area contributed by atoms with E-state index < -0.39 is 38.6 Å². The van der Waals surface area contributed by atoms with Crippen molar-refractivity contribution in [1.82, 2.24) is 24.5 Å². The standard InChI is InChI=1S/C33H28Cl2F2N8O3S/c1-33(2,46)25-10-5-15-44(25)22-7-4-8-23-31(22)40-17-45(23)26-14-13-21-30(41-26)32(39-16-38-21)42-29-19(36)11-12-20(28(29)37)43-49(47,48)24-9-3-6-18(34)27(24)35/h3-4,6-9,11-14,16-17,25,43,46H,5,10,15H2,1-2H3,(H,38,39,42)/t25-/m0/s1. The minimum Gasteiger partial charge on any atom is -0.388 e. The molecule has 3 aromatic carbocycles. The van der Waals surface area contributed by atoms with Crippen molar-refractivity contribution in [3.8, 4) is 5.82 Å². The van der Waals surface area contributed by atoms with Crippen LogP contribution in [-0.2, 0) is 10.0 Å². The summed E-state index contributed by atoms with van der Waals surface area (Å²) in [7, 11) is -4.41. The van der Waals surface area contributed by atoms with Crippen molar-refractivity contribution in [3.05, 3.63) is 95.0 Å². The predicted molar refractivity (Wildman–Crippen MR) is 186 cm³/mol. The summed E-state index contributed by atoms with van der Waals surface area (Å²) in [6.07, 6.45) is 4.65. The summed E-state index contributed by atoms with van der Waals surface area (Å²) in [5, 5.41) is 13.2. The van der Waals surface area contributed by atoms with Gasteiger partial charge in [-0.2, -0.15) is 0 Å². The van der Waals surface area contributed by atoms with E-state index in [-0.39, 0.29) is 32.3 Å². The van der Waals surface area contributed by atoms with Gasteiger partial charge in [0.05, 0.1) is 44.1 Å². The molecule has 3 N–H and O–H groups in total. The van der Waals surface area contributed by atoms with Crippen molar-refractivity contribution in [2.45, 2.75) is 43.2 Å². The summed E-state index contributed by atoms with van der Waals surface area (Å²) in [4.78, 5) is 19.7. The number of aliphatic hydroxyl groups is 1. The fraction of sp³-hybridized carbons (Fsp3) is 0.212. The molecular formula is C33H28Cl2F2N8O3S. The highest BCUT2D eigenvalue weighted by atomic mass is 35.5. The highest BCUT2D eigenvalue weighted by Crippen LogP contribution is 2.37. The summed E-state index contributed by atoms with van der Waals surface area (Å²) in [6.45, 7) is 4.40. The van der Waals surface area contributed by atoms with E-state index in [9.17, 15) is 13.5 Å². The number of hydrogen-bond acceptors (Lipinski definition) is 9. The lowest BCUT2D eigenvalue weighted by Gasteiger charge is -2.35. The Bertz CT molecular complexity index is 2370. The van der Waals surface area contributed by atoms with Gasteiger partial charge < -0.3 is 15.3 Å². The van der Waals surface area contributed by atoms with Crippen LogP contribution in [0.2, 0.25) is 10.0 Å². The van der Waals surface area contributed by atoms with Crippen LogP contribution in [0.15, 0.2) is 78.2 Å². The smallest absolute Gasteiger partial charge is 0.263 e. The molecule has 4 heterocycles. The van der Waals surface area contributed by atoms with Crippen molar-refractivity contribution in [2.75, 3.05) is 21.5 Å². The Morgan fingerprint density at radius 1 is 0.980 bits per heavy atom. The van der Waals surface area contributed by atoms with Crippen LogP contribution in [0.1, 0.15) is 26.7 Å². The van der Waals surface area contributed by atoms with E-state index in [4.69, 9.17) is 33.2 Å². The Labute approximate surface area is 289 Å². The first-order valence-electron chi connectivity index (χ1n) is 15.1. The van der Waals surface area contributed by atoms with Gasteiger partial charge in [0.25, 0.3) is 10.0 Å². The molecule has 0 aliphatic carbocycles. The Morgan fingerprint density at radius 2 is 1.78 bits per heavy atom. The van der Waals surface area contributed by atoms with Gasteiger partial charge in [-0.3, -0.25) is 9.29 Å². The molecule has 3 aromatic heterocycles. The second-order valence-corrected chi connectivity index (χ2v) is 14.5. The van der Waals surface area contributed by atoms with Crippen LogP contribution in [0.4, 0.5) is 31.7 Å². The first-order valence-corrected chi connectivity index (χ1v) is 17.4. The van der Waals surface area contributed by atoms with Gasteiger partial charge in [0, 0.05) is 6.54 Å². The maximum atomic E-state index is 15.8. The van der Waals surface area contributed by atoms with Gasteiger partial charge >= 0.3 is 0 Å². The van der Waals surface area contributed by atoms with Crippen LogP contribution in [0.25, 0.3) is 27.9 Å².